The van der Waals surface area contributed by atoms with Crippen LogP contribution in [-0.2, 0) is 21.7 Å². The topological polar surface area (TPSA) is 93.0 Å². The fourth-order valence-electron chi connectivity index (χ4n) is 1.53. The Labute approximate surface area is 259 Å². The van der Waals surface area contributed by atoms with Gasteiger partial charge in [0.2, 0.25) is 9.23 Å². The van der Waals surface area contributed by atoms with Crippen LogP contribution in [0, 0.1) is 0 Å². The van der Waals surface area contributed by atoms with E-state index in [1.165, 1.54) is 0 Å². The monoisotopic (exact) mass is 730 g/mol. The van der Waals surface area contributed by atoms with Crippen molar-refractivity contribution in [3.05, 3.63) is 85.5 Å². The van der Waals surface area contributed by atoms with Crippen molar-refractivity contribution in [2.75, 3.05) is 0 Å². The molecule has 0 aliphatic heterocycles. The molecule has 3 aromatic heterocycles. The van der Waals surface area contributed by atoms with Crippen LogP contribution in [0.2, 0.25) is 0 Å². The van der Waals surface area contributed by atoms with E-state index in [1.807, 2.05) is 6.07 Å². The normalized spacial score (nSPS) is 8.73. The quantitative estimate of drug-likeness (QED) is 0.192. The summed E-state index contributed by atoms with van der Waals surface area (Å²) in [5, 5.41) is 8.66. The molecule has 33 heavy (non-hydrogen) atoms. The molecule has 1 N–H and O–H groups in total. The average molecular weight is 734 g/mol. The van der Waals surface area contributed by atoms with Gasteiger partial charge < -0.3 is 6.53 Å². The van der Waals surface area contributed by atoms with Gasteiger partial charge in [0.15, 0.2) is 6.29 Å². The Balaban J connectivity index is -0.000000177. The number of aromatic nitrogens is 3. The predicted octanol–water partition coefficient (Wildman–Crippen LogP) is 3.35. The first-order chi connectivity index (χ1) is 14.8. The van der Waals surface area contributed by atoms with Crippen molar-refractivity contribution in [3.8, 4) is 0 Å². The van der Waals surface area contributed by atoms with Gasteiger partial charge >= 0.3 is 29.6 Å². The van der Waals surface area contributed by atoms with Crippen molar-refractivity contribution in [3.63, 3.8) is 0 Å². The molecular formula is C18H16BBr3Cl3N3NaO3S. The second-order valence-corrected chi connectivity index (χ2v) is 10.3. The number of aldehydes is 1. The maximum absolute atomic E-state index is 10.2. The van der Waals surface area contributed by atoms with E-state index in [1.54, 1.807) is 49.3 Å². The molecule has 3 heterocycles. The van der Waals surface area contributed by atoms with Gasteiger partial charge in [-0.15, -0.1) is 11.6 Å². The van der Waals surface area contributed by atoms with E-state index in [0.717, 1.165) is 30.8 Å². The molecule has 173 valence electrons. The number of halogens is 6. The largest absolute Gasteiger partial charge is 1.00 e. The van der Waals surface area contributed by atoms with Crippen LogP contribution < -0.4 is 29.6 Å². The minimum Gasteiger partial charge on any atom is -1.00 e. The van der Waals surface area contributed by atoms with Crippen LogP contribution >= 0.6 is 80.8 Å². The number of alkyl halides is 1. The molecule has 0 aliphatic rings. The van der Waals surface area contributed by atoms with E-state index in [0.29, 0.717) is 11.4 Å². The van der Waals surface area contributed by atoms with E-state index in [9.17, 15) is 4.79 Å². The SMILES string of the molecule is ClCc1ccncc1Br.O=Cc1ccncc1Br.O=S(Cl)Cl.OCc1ccncc1Br.[B].[H-].[Na+]. The number of carbonyl (C=O) groups is 1. The van der Waals surface area contributed by atoms with Crippen LogP contribution in [0.3, 0.4) is 0 Å². The van der Waals surface area contributed by atoms with E-state index >= 15 is 0 Å². The van der Waals surface area contributed by atoms with Crippen molar-refractivity contribution in [2.24, 2.45) is 0 Å². The van der Waals surface area contributed by atoms with Gasteiger partial charge in [-0.05, 0) is 77.1 Å². The predicted molar refractivity (Wildman–Crippen MR) is 143 cm³/mol. The standard InChI is InChI=1S/C6H5BrClN.C6H6BrNO.C6H4BrNO.B.Cl2OS.Na.H/c7-6-4-9-2-1-5(6)3-8;2*7-6-3-8-2-1-5(6)4-9;;1-4(2)3;;/h1-2,4H,3H2;1-3,9H,4H2;1-4H;;;;/q;;;;;+1;-1. The molecule has 15 heteroatoms. The molecule has 0 fully saturated rings. The minimum atomic E-state index is -1.67. The van der Waals surface area contributed by atoms with Crippen molar-refractivity contribution in [1.82, 2.24) is 15.0 Å². The molecule has 0 saturated heterocycles. The molecule has 6 nitrogen and oxygen atoms in total. The maximum atomic E-state index is 10.2. The number of carbonyl (C=O) groups excluding carboxylic acids is 1. The smallest absolute Gasteiger partial charge is 1.00 e. The van der Waals surface area contributed by atoms with Gasteiger partial charge in [-0.3, -0.25) is 19.7 Å². The summed E-state index contributed by atoms with van der Waals surface area (Å²) in [5.41, 5.74) is 2.57. The Hall–Kier alpha value is 0.605. The summed E-state index contributed by atoms with van der Waals surface area (Å²) < 4.78 is 11.6. The van der Waals surface area contributed by atoms with E-state index in [4.69, 9.17) is 20.9 Å². The van der Waals surface area contributed by atoms with Crippen LogP contribution in [0.5, 0.6) is 0 Å². The first-order valence-electron chi connectivity index (χ1n) is 7.89. The number of pyridine rings is 3. The number of nitrogens with zero attached hydrogens (tertiary/aromatic N) is 3. The summed E-state index contributed by atoms with van der Waals surface area (Å²) in [4.78, 5) is 21.7. The van der Waals surface area contributed by atoms with Crippen LogP contribution in [-0.4, -0.2) is 39.0 Å². The summed E-state index contributed by atoms with van der Waals surface area (Å²) in [7, 11) is 7.36. The van der Waals surface area contributed by atoms with E-state index in [2.05, 4.69) is 84.1 Å². The van der Waals surface area contributed by atoms with Gasteiger partial charge in [-0.1, -0.05) is 0 Å². The molecule has 3 aromatic rings. The zero-order chi connectivity index (χ0) is 23.6. The van der Waals surface area contributed by atoms with Gasteiger partial charge in [0.25, 0.3) is 0 Å². The molecule has 0 unspecified atom stereocenters. The minimum absolute atomic E-state index is 0. The first-order valence-corrected chi connectivity index (χ1v) is 13.6. The molecule has 0 spiro atoms. The Morgan fingerprint density at radius 2 is 1.30 bits per heavy atom. The Kier molecular flexibility index (Phi) is 28.1. The van der Waals surface area contributed by atoms with Gasteiger partial charge in [0.05, 0.1) is 6.61 Å². The molecule has 0 amide bonds. The third kappa shape index (κ3) is 19.5. The average Bonchev–Trinajstić information content (AvgIpc) is 2.75. The van der Waals surface area contributed by atoms with Crippen molar-refractivity contribution in [1.29, 1.82) is 0 Å². The molecule has 3 radical (unpaired) electrons. The second-order valence-electron chi connectivity index (χ2n) is 4.93. The number of rotatable bonds is 3. The zero-order valence-corrected chi connectivity index (χ0v) is 26.9. The molecule has 0 atom stereocenters. The molecule has 0 aliphatic carbocycles. The van der Waals surface area contributed by atoms with Crippen LogP contribution in [0.1, 0.15) is 22.9 Å². The third-order valence-electron chi connectivity index (χ3n) is 2.96. The number of aliphatic hydroxyl groups is 1. The van der Waals surface area contributed by atoms with Gasteiger partial charge in [-0.25, -0.2) is 4.21 Å². The fraction of sp³-hybridized carbons (Fsp3) is 0.111. The van der Waals surface area contributed by atoms with E-state index < -0.39 is 9.23 Å². The molecule has 0 saturated carbocycles. The van der Waals surface area contributed by atoms with Gasteiger partial charge in [0.1, 0.15) is 0 Å². The van der Waals surface area contributed by atoms with Crippen LogP contribution in [0.25, 0.3) is 0 Å². The fourth-order valence-corrected chi connectivity index (χ4v) is 3.03. The van der Waals surface area contributed by atoms with Gasteiger partial charge in [-0.2, -0.15) is 0 Å². The Bertz CT molecular complexity index is 929. The Morgan fingerprint density at radius 1 is 0.909 bits per heavy atom. The van der Waals surface area contributed by atoms with Gasteiger partial charge in [0, 0.05) is 91.8 Å². The number of hydrogen-bond acceptors (Lipinski definition) is 6. The van der Waals surface area contributed by atoms with Crippen molar-refractivity contribution < 1.29 is 45.1 Å². The number of aliphatic hydroxyl groups excluding tert-OH is 1. The summed E-state index contributed by atoms with van der Waals surface area (Å²) in [6, 6.07) is 5.30. The zero-order valence-electron chi connectivity index (χ0n) is 18.0. The van der Waals surface area contributed by atoms with Crippen LogP contribution in [0.4, 0.5) is 0 Å². The molecule has 3 rings (SSSR count). The summed E-state index contributed by atoms with van der Waals surface area (Å²) in [6.45, 7) is 0.0586. The van der Waals surface area contributed by atoms with Crippen LogP contribution in [0.15, 0.2) is 68.8 Å². The number of hydrogen-bond donors (Lipinski definition) is 1. The maximum Gasteiger partial charge on any atom is 1.00 e. The van der Waals surface area contributed by atoms with Crippen molar-refractivity contribution >= 4 is 105 Å². The second kappa shape index (κ2) is 24.3. The third-order valence-corrected chi connectivity index (χ3v) is 5.34. The van der Waals surface area contributed by atoms with Crippen molar-refractivity contribution in [2.45, 2.75) is 12.5 Å². The molecular weight excluding hydrogens is 718 g/mol. The summed E-state index contributed by atoms with van der Waals surface area (Å²) in [5.74, 6) is 0.531. The first kappa shape index (κ1) is 38.1. The summed E-state index contributed by atoms with van der Waals surface area (Å²) >= 11 is 15.3. The molecule has 0 aromatic carbocycles. The van der Waals surface area contributed by atoms with E-state index in [-0.39, 0.29) is 46.0 Å². The molecule has 0 bridgehead atoms. The Morgan fingerprint density at radius 3 is 1.55 bits per heavy atom. The summed E-state index contributed by atoms with van der Waals surface area (Å²) in [6.07, 6.45) is 10.7.